The standard InChI is InChI=1S/C15H12Br2N2O/c1-10(11-2-6-13(16)7-3-11)18-19-15(20)12-4-8-14(17)9-5-12/h2-9H,1H3,(H,19,20)/b18-10-. The maximum atomic E-state index is 11.9. The van der Waals surface area contributed by atoms with Crippen molar-refractivity contribution in [1.82, 2.24) is 5.43 Å². The fourth-order valence-electron chi connectivity index (χ4n) is 1.56. The fraction of sp³-hybridized carbons (Fsp3) is 0.0667. The van der Waals surface area contributed by atoms with Gasteiger partial charge in [0.05, 0.1) is 5.71 Å². The second kappa shape index (κ2) is 6.81. The van der Waals surface area contributed by atoms with Gasteiger partial charge in [0.25, 0.3) is 5.91 Å². The van der Waals surface area contributed by atoms with Gasteiger partial charge in [-0.05, 0) is 48.9 Å². The Morgan fingerprint density at radius 3 is 1.85 bits per heavy atom. The van der Waals surface area contributed by atoms with Gasteiger partial charge in [-0.15, -0.1) is 0 Å². The number of halogens is 2. The molecule has 0 aliphatic carbocycles. The van der Waals surface area contributed by atoms with Crippen molar-refractivity contribution >= 4 is 43.5 Å². The van der Waals surface area contributed by atoms with E-state index in [-0.39, 0.29) is 5.91 Å². The highest BCUT2D eigenvalue weighted by Crippen LogP contribution is 2.12. The van der Waals surface area contributed by atoms with Crippen LogP contribution >= 0.6 is 31.9 Å². The van der Waals surface area contributed by atoms with Crippen LogP contribution in [-0.2, 0) is 0 Å². The van der Waals surface area contributed by atoms with Crippen LogP contribution in [0.2, 0.25) is 0 Å². The van der Waals surface area contributed by atoms with E-state index in [0.29, 0.717) is 5.56 Å². The molecular weight excluding hydrogens is 384 g/mol. The molecule has 102 valence electrons. The number of hydrogen-bond donors (Lipinski definition) is 1. The molecule has 2 rings (SSSR count). The van der Waals surface area contributed by atoms with Gasteiger partial charge in [-0.1, -0.05) is 44.0 Å². The lowest BCUT2D eigenvalue weighted by molar-refractivity contribution is 0.0955. The number of hydrazone groups is 1. The number of nitrogens with one attached hydrogen (secondary N) is 1. The predicted molar refractivity (Wildman–Crippen MR) is 88.0 cm³/mol. The Hall–Kier alpha value is -1.46. The van der Waals surface area contributed by atoms with Gasteiger partial charge in [0, 0.05) is 14.5 Å². The number of nitrogens with zero attached hydrogens (tertiary/aromatic N) is 1. The summed E-state index contributed by atoms with van der Waals surface area (Å²) in [4.78, 5) is 11.9. The molecule has 0 heterocycles. The Bertz CT molecular complexity index is 634. The van der Waals surface area contributed by atoms with E-state index in [9.17, 15) is 4.79 Å². The molecule has 0 saturated heterocycles. The average Bonchev–Trinajstić information content (AvgIpc) is 2.46. The fourth-order valence-corrected chi connectivity index (χ4v) is 2.08. The van der Waals surface area contributed by atoms with Crippen LogP contribution in [0.25, 0.3) is 0 Å². The van der Waals surface area contributed by atoms with E-state index >= 15 is 0 Å². The van der Waals surface area contributed by atoms with Crippen LogP contribution in [-0.4, -0.2) is 11.6 Å². The molecule has 0 fully saturated rings. The molecule has 0 aliphatic heterocycles. The summed E-state index contributed by atoms with van der Waals surface area (Å²) in [5.74, 6) is -0.228. The lowest BCUT2D eigenvalue weighted by atomic mass is 10.1. The van der Waals surface area contributed by atoms with Crippen molar-refractivity contribution in [1.29, 1.82) is 0 Å². The Balaban J connectivity index is 2.06. The number of carbonyl (C=O) groups is 1. The molecule has 0 saturated carbocycles. The Morgan fingerprint density at radius 2 is 1.35 bits per heavy atom. The van der Waals surface area contributed by atoms with Gasteiger partial charge in [0.15, 0.2) is 0 Å². The van der Waals surface area contributed by atoms with Gasteiger partial charge in [-0.2, -0.15) is 5.10 Å². The summed E-state index contributed by atoms with van der Waals surface area (Å²) < 4.78 is 1.94. The second-order valence-electron chi connectivity index (χ2n) is 4.15. The largest absolute Gasteiger partial charge is 0.271 e. The predicted octanol–water partition coefficient (Wildman–Crippen LogP) is 4.37. The molecule has 1 amide bonds. The number of rotatable bonds is 3. The molecule has 0 radical (unpaired) electrons. The minimum absolute atomic E-state index is 0.228. The molecule has 0 aromatic heterocycles. The number of carbonyl (C=O) groups excluding carboxylic acids is 1. The SMILES string of the molecule is C/C(=N/NC(=O)c1ccc(Br)cc1)c1ccc(Br)cc1. The summed E-state index contributed by atoms with van der Waals surface area (Å²) in [6.45, 7) is 1.85. The molecule has 2 aromatic carbocycles. The van der Waals surface area contributed by atoms with Gasteiger partial charge in [-0.3, -0.25) is 4.79 Å². The molecule has 0 atom stereocenters. The minimum atomic E-state index is -0.228. The Morgan fingerprint density at radius 1 is 0.900 bits per heavy atom. The molecule has 0 spiro atoms. The molecule has 0 bridgehead atoms. The molecule has 1 N–H and O–H groups in total. The van der Waals surface area contributed by atoms with Gasteiger partial charge >= 0.3 is 0 Å². The van der Waals surface area contributed by atoms with E-state index in [1.54, 1.807) is 12.1 Å². The van der Waals surface area contributed by atoms with Gasteiger partial charge < -0.3 is 0 Å². The van der Waals surface area contributed by atoms with E-state index in [1.165, 1.54) is 0 Å². The van der Waals surface area contributed by atoms with Crippen LogP contribution in [0.4, 0.5) is 0 Å². The highest BCUT2D eigenvalue weighted by molar-refractivity contribution is 9.10. The van der Waals surface area contributed by atoms with E-state index in [4.69, 9.17) is 0 Å². The van der Waals surface area contributed by atoms with E-state index in [0.717, 1.165) is 20.2 Å². The zero-order valence-corrected chi connectivity index (χ0v) is 13.9. The first-order valence-corrected chi connectivity index (χ1v) is 7.51. The molecule has 0 aliphatic rings. The third kappa shape index (κ3) is 4.02. The quantitative estimate of drug-likeness (QED) is 0.608. The van der Waals surface area contributed by atoms with Crippen molar-refractivity contribution in [2.75, 3.05) is 0 Å². The first-order chi connectivity index (χ1) is 9.56. The molecule has 2 aromatic rings. The lowest BCUT2D eigenvalue weighted by Crippen LogP contribution is -2.19. The van der Waals surface area contributed by atoms with Crippen molar-refractivity contribution in [2.45, 2.75) is 6.92 Å². The number of hydrogen-bond acceptors (Lipinski definition) is 2. The number of benzene rings is 2. The maximum absolute atomic E-state index is 11.9. The normalized spacial score (nSPS) is 11.2. The lowest BCUT2D eigenvalue weighted by Gasteiger charge is -2.03. The van der Waals surface area contributed by atoms with Crippen molar-refractivity contribution < 1.29 is 4.79 Å². The monoisotopic (exact) mass is 394 g/mol. The van der Waals surface area contributed by atoms with Crippen molar-refractivity contribution in [3.63, 3.8) is 0 Å². The van der Waals surface area contributed by atoms with Gasteiger partial charge in [0.2, 0.25) is 0 Å². The zero-order valence-electron chi connectivity index (χ0n) is 10.7. The van der Waals surface area contributed by atoms with Crippen LogP contribution < -0.4 is 5.43 Å². The van der Waals surface area contributed by atoms with E-state index < -0.39 is 0 Å². The van der Waals surface area contributed by atoms with Crippen molar-refractivity contribution in [3.8, 4) is 0 Å². The Kier molecular flexibility index (Phi) is 5.09. The summed E-state index contributed by atoms with van der Waals surface area (Å²) in [6.07, 6.45) is 0. The minimum Gasteiger partial charge on any atom is -0.267 e. The number of amides is 1. The van der Waals surface area contributed by atoms with Crippen molar-refractivity contribution in [3.05, 3.63) is 68.6 Å². The van der Waals surface area contributed by atoms with Crippen LogP contribution in [0.15, 0.2) is 62.6 Å². The van der Waals surface area contributed by atoms with E-state index in [1.807, 2.05) is 43.3 Å². The highest BCUT2D eigenvalue weighted by atomic mass is 79.9. The van der Waals surface area contributed by atoms with E-state index in [2.05, 4.69) is 42.4 Å². The molecule has 3 nitrogen and oxygen atoms in total. The summed E-state index contributed by atoms with van der Waals surface area (Å²) in [7, 11) is 0. The maximum Gasteiger partial charge on any atom is 0.271 e. The van der Waals surface area contributed by atoms with Gasteiger partial charge in [-0.25, -0.2) is 5.43 Å². The van der Waals surface area contributed by atoms with Crippen LogP contribution in [0.1, 0.15) is 22.8 Å². The zero-order chi connectivity index (χ0) is 14.5. The molecule has 5 heteroatoms. The highest BCUT2D eigenvalue weighted by Gasteiger charge is 2.04. The molecular formula is C15H12Br2N2O. The van der Waals surface area contributed by atoms with Crippen LogP contribution in [0, 0.1) is 0 Å². The Labute approximate surface area is 134 Å². The third-order valence-electron chi connectivity index (χ3n) is 2.69. The van der Waals surface area contributed by atoms with Crippen LogP contribution in [0.5, 0.6) is 0 Å². The molecule has 0 unspecified atom stereocenters. The van der Waals surface area contributed by atoms with Gasteiger partial charge in [0.1, 0.15) is 0 Å². The summed E-state index contributed by atoms with van der Waals surface area (Å²) in [5.41, 5.74) is 4.84. The third-order valence-corrected chi connectivity index (χ3v) is 3.75. The first kappa shape index (κ1) is 14.9. The second-order valence-corrected chi connectivity index (χ2v) is 5.98. The topological polar surface area (TPSA) is 41.5 Å². The summed E-state index contributed by atoms with van der Waals surface area (Å²) in [5, 5.41) is 4.11. The first-order valence-electron chi connectivity index (χ1n) is 5.92. The average molecular weight is 396 g/mol. The van der Waals surface area contributed by atoms with Crippen molar-refractivity contribution in [2.24, 2.45) is 5.10 Å². The summed E-state index contributed by atoms with van der Waals surface area (Å²) >= 11 is 6.71. The van der Waals surface area contributed by atoms with Crippen LogP contribution in [0.3, 0.4) is 0 Å². The summed E-state index contributed by atoms with van der Waals surface area (Å²) in [6, 6.07) is 14.9. The molecule has 20 heavy (non-hydrogen) atoms. The smallest absolute Gasteiger partial charge is 0.267 e.